The first-order valence-corrected chi connectivity index (χ1v) is 10.6. The van der Waals surface area contributed by atoms with Crippen molar-refractivity contribution in [3.05, 3.63) is 18.6 Å². The van der Waals surface area contributed by atoms with E-state index in [2.05, 4.69) is 9.97 Å². The van der Waals surface area contributed by atoms with E-state index >= 15 is 0 Å². The first-order chi connectivity index (χ1) is 13.1. The minimum absolute atomic E-state index is 0.0570. The summed E-state index contributed by atoms with van der Waals surface area (Å²) in [6, 6.07) is 1.74. The fraction of sp³-hybridized carbons (Fsp3) is 0.667. The number of nitrogen functional groups attached to an aromatic ring is 1. The van der Waals surface area contributed by atoms with E-state index in [0.29, 0.717) is 16.9 Å². The molecule has 4 N–H and O–H groups in total. The van der Waals surface area contributed by atoms with Gasteiger partial charge >= 0.3 is 8.03 Å². The van der Waals surface area contributed by atoms with E-state index in [0.717, 1.165) is 6.42 Å². The zero-order valence-corrected chi connectivity index (χ0v) is 17.4. The Bertz CT molecular complexity index is 858. The van der Waals surface area contributed by atoms with Crippen molar-refractivity contribution in [1.29, 1.82) is 0 Å². The number of nitrogens with zero attached hydrogens (tertiary/aromatic N) is 3. The lowest BCUT2D eigenvalue weighted by Gasteiger charge is -2.24. The van der Waals surface area contributed by atoms with Gasteiger partial charge in [-0.2, -0.15) is 0 Å². The molecule has 3 rings (SSSR count). The summed E-state index contributed by atoms with van der Waals surface area (Å²) in [6.07, 6.45) is 0.266. The molecule has 0 saturated carbocycles. The Balaban J connectivity index is 1.77. The Morgan fingerprint density at radius 1 is 1.39 bits per heavy atom. The Morgan fingerprint density at radius 3 is 2.79 bits per heavy atom. The fourth-order valence-electron chi connectivity index (χ4n) is 3.33. The molecule has 3 unspecified atom stereocenters. The molecule has 10 heteroatoms. The summed E-state index contributed by atoms with van der Waals surface area (Å²) in [5.74, 6) is 0.330. The molecule has 0 aliphatic carbocycles. The third kappa shape index (κ3) is 4.04. The number of nitrogens with two attached hydrogens (primary N) is 1. The van der Waals surface area contributed by atoms with Crippen molar-refractivity contribution in [2.45, 2.75) is 76.3 Å². The number of ether oxygens (including phenoxy) is 1. The molecule has 0 bridgehead atoms. The molecule has 154 valence electrons. The van der Waals surface area contributed by atoms with Crippen molar-refractivity contribution in [3.8, 4) is 0 Å². The zero-order valence-electron chi connectivity index (χ0n) is 16.5. The van der Waals surface area contributed by atoms with Crippen LogP contribution in [0.15, 0.2) is 18.6 Å². The lowest BCUT2D eigenvalue weighted by Crippen LogP contribution is -2.36. The highest BCUT2D eigenvalue weighted by molar-refractivity contribution is 7.40. The van der Waals surface area contributed by atoms with Gasteiger partial charge in [-0.25, -0.2) is 9.97 Å². The van der Waals surface area contributed by atoms with E-state index in [4.69, 9.17) is 15.0 Å². The number of fused-ring (bicyclic) bond motifs is 1. The van der Waals surface area contributed by atoms with Gasteiger partial charge in [-0.05, 0) is 37.8 Å². The van der Waals surface area contributed by atoms with Crippen LogP contribution in [-0.4, -0.2) is 54.3 Å². The number of anilines is 1. The molecular weight excluding hydrogens is 383 g/mol. The van der Waals surface area contributed by atoms with Gasteiger partial charge in [0.05, 0.1) is 11.5 Å². The Hall–Kier alpha value is -1.64. The van der Waals surface area contributed by atoms with E-state index in [1.807, 2.05) is 13.8 Å². The number of rotatable bonds is 7. The third-order valence-corrected chi connectivity index (χ3v) is 6.89. The Labute approximate surface area is 164 Å². The molecule has 1 saturated heterocycles. The van der Waals surface area contributed by atoms with E-state index in [1.54, 1.807) is 30.7 Å². The van der Waals surface area contributed by atoms with E-state index in [1.165, 1.54) is 6.33 Å². The molecule has 0 aromatic carbocycles. The number of aromatic nitrogens is 3. The van der Waals surface area contributed by atoms with Gasteiger partial charge in [0.25, 0.3) is 0 Å². The highest BCUT2D eigenvalue weighted by Crippen LogP contribution is 2.41. The van der Waals surface area contributed by atoms with E-state index < -0.39 is 38.2 Å². The lowest BCUT2D eigenvalue weighted by atomic mass is 9.97. The molecule has 3 heterocycles. The van der Waals surface area contributed by atoms with Gasteiger partial charge in [0.15, 0.2) is 11.9 Å². The molecule has 6 atom stereocenters. The molecule has 1 aliphatic rings. The van der Waals surface area contributed by atoms with Crippen molar-refractivity contribution < 1.29 is 24.0 Å². The van der Waals surface area contributed by atoms with E-state index in [9.17, 15) is 14.8 Å². The summed E-state index contributed by atoms with van der Waals surface area (Å²) < 4.78 is 25.6. The summed E-state index contributed by atoms with van der Waals surface area (Å²) in [5.41, 5.74) is 5.53. The molecule has 0 spiro atoms. The standard InChI is InChI=1S/C18H28N4O5P/c1-5-10(2)28(25)27-18(3,4)8-12-13(23)14(24)17(26-12)22-7-6-11-15(19)20-9-21-16(11)22/h6-7,9-10,12-14,17,23-24H,5,8H2,1-4H3,(H2,19,20,21)/q+1/t10?,12-,13-,14-,17?/m1/s1. The highest BCUT2D eigenvalue weighted by atomic mass is 31.1. The van der Waals surface area contributed by atoms with Gasteiger partial charge in [-0.1, -0.05) is 6.92 Å². The Morgan fingerprint density at radius 2 is 2.11 bits per heavy atom. The summed E-state index contributed by atoms with van der Waals surface area (Å²) in [5, 5.41) is 21.7. The average molecular weight is 411 g/mol. The third-order valence-electron chi connectivity index (χ3n) is 5.13. The average Bonchev–Trinajstić information content (AvgIpc) is 3.18. The van der Waals surface area contributed by atoms with Crippen molar-refractivity contribution in [3.63, 3.8) is 0 Å². The highest BCUT2D eigenvalue weighted by Gasteiger charge is 2.48. The number of aliphatic hydroxyl groups excluding tert-OH is 2. The van der Waals surface area contributed by atoms with Crippen LogP contribution >= 0.6 is 8.03 Å². The second-order valence-corrected chi connectivity index (χ2v) is 9.50. The largest absolute Gasteiger partial charge is 0.511 e. The molecule has 28 heavy (non-hydrogen) atoms. The van der Waals surface area contributed by atoms with E-state index in [-0.39, 0.29) is 12.1 Å². The van der Waals surface area contributed by atoms with Gasteiger partial charge in [0.1, 0.15) is 35.6 Å². The second-order valence-electron chi connectivity index (χ2n) is 7.86. The van der Waals surface area contributed by atoms with Crippen LogP contribution in [0, 0.1) is 0 Å². The van der Waals surface area contributed by atoms with Crippen LogP contribution in [-0.2, 0) is 13.8 Å². The van der Waals surface area contributed by atoms with Gasteiger partial charge in [-0.15, -0.1) is 4.52 Å². The van der Waals surface area contributed by atoms with Gasteiger partial charge in [-0.3, -0.25) is 0 Å². The first kappa shape index (κ1) is 21.1. The summed E-state index contributed by atoms with van der Waals surface area (Å²) in [7, 11) is -1.84. The van der Waals surface area contributed by atoms with Gasteiger partial charge in [0.2, 0.25) is 0 Å². The topological polar surface area (TPSA) is 133 Å². The lowest BCUT2D eigenvalue weighted by molar-refractivity contribution is -0.0576. The van der Waals surface area contributed by atoms with Crippen molar-refractivity contribution in [1.82, 2.24) is 14.5 Å². The monoisotopic (exact) mass is 411 g/mol. The number of hydrogen-bond acceptors (Lipinski definition) is 8. The summed E-state index contributed by atoms with van der Waals surface area (Å²) >= 11 is 0. The second kappa shape index (κ2) is 8.00. The smallest absolute Gasteiger partial charge is 0.388 e. The van der Waals surface area contributed by atoms with Crippen LogP contribution in [0.4, 0.5) is 5.82 Å². The SMILES string of the molecule is CCC(C)[P+](=O)OC(C)(C)C[C@H]1OC(n2ccc3c(N)ncnc32)[C@H](O)[C@@H]1O. The van der Waals surface area contributed by atoms with Crippen LogP contribution in [0.5, 0.6) is 0 Å². The van der Waals surface area contributed by atoms with Gasteiger partial charge in [0, 0.05) is 12.6 Å². The predicted octanol–water partition coefficient (Wildman–Crippen LogP) is 2.36. The van der Waals surface area contributed by atoms with Crippen molar-refractivity contribution in [2.75, 3.05) is 5.73 Å². The summed E-state index contributed by atoms with van der Waals surface area (Å²) in [4.78, 5) is 8.16. The first-order valence-electron chi connectivity index (χ1n) is 9.38. The van der Waals surface area contributed by atoms with Crippen LogP contribution in [0.1, 0.15) is 46.8 Å². The number of hydrogen-bond donors (Lipinski definition) is 3. The molecule has 0 amide bonds. The maximum Gasteiger partial charge on any atom is 0.511 e. The zero-order chi connectivity index (χ0) is 20.6. The Kier molecular flexibility index (Phi) is 6.03. The molecule has 9 nitrogen and oxygen atoms in total. The molecule has 0 radical (unpaired) electrons. The molecule has 1 aliphatic heterocycles. The fourth-order valence-corrected chi connectivity index (χ4v) is 4.37. The van der Waals surface area contributed by atoms with Crippen molar-refractivity contribution in [2.24, 2.45) is 0 Å². The minimum atomic E-state index is -1.84. The maximum absolute atomic E-state index is 12.3. The predicted molar refractivity (Wildman–Crippen MR) is 105 cm³/mol. The molecular formula is C18H28N4O5P+. The quantitative estimate of drug-likeness (QED) is 0.592. The maximum atomic E-state index is 12.3. The van der Waals surface area contributed by atoms with Gasteiger partial charge < -0.3 is 25.3 Å². The van der Waals surface area contributed by atoms with Crippen LogP contribution in [0.2, 0.25) is 0 Å². The van der Waals surface area contributed by atoms with Crippen LogP contribution < -0.4 is 5.73 Å². The summed E-state index contributed by atoms with van der Waals surface area (Å²) in [6.45, 7) is 7.44. The normalized spacial score (nSPS) is 27.3. The van der Waals surface area contributed by atoms with Crippen molar-refractivity contribution >= 4 is 24.9 Å². The molecule has 2 aromatic rings. The molecule has 2 aromatic heterocycles. The van der Waals surface area contributed by atoms with Crippen LogP contribution in [0.3, 0.4) is 0 Å². The number of aliphatic hydroxyl groups is 2. The minimum Gasteiger partial charge on any atom is -0.388 e. The van der Waals surface area contributed by atoms with Crippen LogP contribution in [0.25, 0.3) is 11.0 Å². The molecule has 1 fully saturated rings.